The normalized spacial score (nSPS) is 11.1. The maximum Gasteiger partial charge on any atom is 0.305 e. The van der Waals surface area contributed by atoms with E-state index in [1.54, 1.807) is 7.05 Å². The van der Waals surface area contributed by atoms with Crippen molar-refractivity contribution in [1.29, 1.82) is 0 Å². The topological polar surface area (TPSA) is 57.6 Å². The Balaban J connectivity index is 2.62. The molecule has 0 radical (unpaired) electrons. The Kier molecular flexibility index (Phi) is 5.10. The Morgan fingerprint density at radius 3 is 2.32 bits per heavy atom. The number of aliphatic carboxylic acids is 1. The molecule has 0 unspecified atom stereocenters. The quantitative estimate of drug-likeness (QED) is 0.856. The molecule has 1 amide bonds. The molecular formula is C15H21NO3. The van der Waals surface area contributed by atoms with Crippen molar-refractivity contribution in [1.82, 2.24) is 4.90 Å². The van der Waals surface area contributed by atoms with Gasteiger partial charge in [-0.1, -0.05) is 44.2 Å². The predicted molar refractivity (Wildman–Crippen MR) is 74.0 cm³/mol. The lowest BCUT2D eigenvalue weighted by Gasteiger charge is -2.27. The average Bonchev–Trinajstić information content (AvgIpc) is 2.36. The zero-order valence-corrected chi connectivity index (χ0v) is 11.7. The van der Waals surface area contributed by atoms with E-state index in [2.05, 4.69) is 0 Å². The monoisotopic (exact) mass is 263 g/mol. The summed E-state index contributed by atoms with van der Waals surface area (Å²) in [7, 11) is 1.65. The Bertz CT molecular complexity index is 440. The smallest absolute Gasteiger partial charge is 0.305 e. The van der Waals surface area contributed by atoms with Gasteiger partial charge in [-0.15, -0.1) is 0 Å². The van der Waals surface area contributed by atoms with Crippen LogP contribution in [0.25, 0.3) is 0 Å². The summed E-state index contributed by atoms with van der Waals surface area (Å²) in [6.45, 7) is 4.29. The van der Waals surface area contributed by atoms with Crippen LogP contribution in [0, 0.1) is 0 Å². The molecule has 4 heteroatoms. The number of amides is 1. The van der Waals surface area contributed by atoms with Crippen molar-refractivity contribution in [2.75, 3.05) is 13.6 Å². The van der Waals surface area contributed by atoms with E-state index in [4.69, 9.17) is 5.11 Å². The van der Waals surface area contributed by atoms with Gasteiger partial charge in [-0.05, 0) is 11.0 Å². The van der Waals surface area contributed by atoms with Gasteiger partial charge in [0.15, 0.2) is 0 Å². The van der Waals surface area contributed by atoms with Gasteiger partial charge in [-0.25, -0.2) is 0 Å². The van der Waals surface area contributed by atoms with Crippen molar-refractivity contribution in [2.24, 2.45) is 0 Å². The van der Waals surface area contributed by atoms with Crippen molar-refractivity contribution < 1.29 is 14.7 Å². The van der Waals surface area contributed by atoms with Gasteiger partial charge in [0.05, 0.1) is 6.42 Å². The predicted octanol–water partition coefficient (Wildman–Crippen LogP) is 2.29. The Labute approximate surface area is 114 Å². The molecular weight excluding hydrogens is 242 g/mol. The Morgan fingerprint density at radius 2 is 1.79 bits per heavy atom. The van der Waals surface area contributed by atoms with Crippen molar-refractivity contribution >= 4 is 11.9 Å². The summed E-state index contributed by atoms with van der Waals surface area (Å²) in [6, 6.07) is 9.86. The molecule has 0 fully saturated rings. The van der Waals surface area contributed by atoms with E-state index in [0.29, 0.717) is 6.42 Å². The first-order chi connectivity index (χ1) is 8.83. The number of carboxylic acids is 1. The van der Waals surface area contributed by atoms with Gasteiger partial charge in [0, 0.05) is 20.0 Å². The van der Waals surface area contributed by atoms with E-state index < -0.39 is 5.97 Å². The maximum absolute atomic E-state index is 12.1. The highest BCUT2D eigenvalue weighted by Crippen LogP contribution is 2.27. The second-order valence-electron chi connectivity index (χ2n) is 5.39. The number of carboxylic acid groups (broad SMARTS) is 1. The molecule has 0 bridgehead atoms. The summed E-state index contributed by atoms with van der Waals surface area (Å²) in [5.41, 5.74) is 0.852. The number of carbonyl (C=O) groups excluding carboxylic acids is 1. The summed E-state index contributed by atoms with van der Waals surface area (Å²) in [5, 5.41) is 8.62. The fourth-order valence-corrected chi connectivity index (χ4v) is 1.89. The number of benzene rings is 1. The molecule has 0 atom stereocenters. The van der Waals surface area contributed by atoms with Crippen molar-refractivity contribution in [3.63, 3.8) is 0 Å². The highest BCUT2D eigenvalue weighted by atomic mass is 16.4. The fraction of sp³-hybridized carbons (Fsp3) is 0.467. The lowest BCUT2D eigenvalue weighted by molar-refractivity contribution is -0.138. The molecule has 0 heterocycles. The molecule has 1 N–H and O–H groups in total. The van der Waals surface area contributed by atoms with Gasteiger partial charge >= 0.3 is 5.97 Å². The highest BCUT2D eigenvalue weighted by molar-refractivity contribution is 5.78. The van der Waals surface area contributed by atoms with Gasteiger partial charge in [0.1, 0.15) is 0 Å². The summed E-state index contributed by atoms with van der Waals surface area (Å²) in [4.78, 5) is 24.1. The van der Waals surface area contributed by atoms with Gasteiger partial charge in [-0.2, -0.15) is 0 Å². The van der Waals surface area contributed by atoms with Crippen molar-refractivity contribution in [3.8, 4) is 0 Å². The SMILES string of the molecule is CN(CCC(=O)O)C(=O)CC(C)(C)c1ccccc1. The van der Waals surface area contributed by atoms with E-state index in [1.807, 2.05) is 44.2 Å². The first-order valence-electron chi connectivity index (χ1n) is 6.34. The minimum atomic E-state index is -0.887. The molecule has 0 aromatic heterocycles. The number of hydrogen-bond donors (Lipinski definition) is 1. The summed E-state index contributed by atoms with van der Waals surface area (Å²) in [5.74, 6) is -0.919. The van der Waals surface area contributed by atoms with Crippen LogP contribution in [-0.4, -0.2) is 35.5 Å². The van der Waals surface area contributed by atoms with E-state index >= 15 is 0 Å². The number of hydrogen-bond acceptors (Lipinski definition) is 2. The third-order valence-electron chi connectivity index (χ3n) is 3.24. The molecule has 0 aliphatic rings. The molecule has 19 heavy (non-hydrogen) atoms. The number of carbonyl (C=O) groups is 2. The zero-order valence-electron chi connectivity index (χ0n) is 11.7. The van der Waals surface area contributed by atoms with Crippen LogP contribution in [0.15, 0.2) is 30.3 Å². The second kappa shape index (κ2) is 6.36. The first kappa shape index (κ1) is 15.2. The van der Waals surface area contributed by atoms with Crippen LogP contribution < -0.4 is 0 Å². The van der Waals surface area contributed by atoms with E-state index in [0.717, 1.165) is 5.56 Å². The van der Waals surface area contributed by atoms with Crippen molar-refractivity contribution in [2.45, 2.75) is 32.1 Å². The van der Waals surface area contributed by atoms with Crippen LogP contribution >= 0.6 is 0 Å². The molecule has 0 spiro atoms. The summed E-state index contributed by atoms with van der Waals surface area (Å²) < 4.78 is 0. The zero-order chi connectivity index (χ0) is 14.5. The van der Waals surface area contributed by atoms with Gasteiger partial charge in [0.25, 0.3) is 0 Å². The number of rotatable bonds is 6. The maximum atomic E-state index is 12.1. The minimum Gasteiger partial charge on any atom is -0.481 e. The summed E-state index contributed by atoms with van der Waals surface area (Å²) >= 11 is 0. The standard InChI is InChI=1S/C15H21NO3/c1-15(2,12-7-5-4-6-8-12)11-13(17)16(3)10-9-14(18)19/h4-8H,9-11H2,1-3H3,(H,18,19). The molecule has 0 aliphatic carbocycles. The largest absolute Gasteiger partial charge is 0.481 e. The molecule has 0 saturated heterocycles. The highest BCUT2D eigenvalue weighted by Gasteiger charge is 2.25. The van der Waals surface area contributed by atoms with Gasteiger partial charge in [-0.3, -0.25) is 9.59 Å². The molecule has 1 aromatic carbocycles. The van der Waals surface area contributed by atoms with Crippen LogP contribution in [0.4, 0.5) is 0 Å². The lowest BCUT2D eigenvalue weighted by atomic mass is 9.81. The Morgan fingerprint density at radius 1 is 1.21 bits per heavy atom. The first-order valence-corrected chi connectivity index (χ1v) is 6.34. The van der Waals surface area contributed by atoms with Crippen LogP contribution in [0.3, 0.4) is 0 Å². The van der Waals surface area contributed by atoms with Crippen LogP contribution in [0.1, 0.15) is 32.3 Å². The van der Waals surface area contributed by atoms with Crippen LogP contribution in [-0.2, 0) is 15.0 Å². The molecule has 1 aromatic rings. The van der Waals surface area contributed by atoms with E-state index in [-0.39, 0.29) is 24.3 Å². The molecule has 0 aliphatic heterocycles. The van der Waals surface area contributed by atoms with Gasteiger partial charge in [0.2, 0.25) is 5.91 Å². The molecule has 0 saturated carbocycles. The van der Waals surface area contributed by atoms with Gasteiger partial charge < -0.3 is 10.0 Å². The average molecular weight is 263 g/mol. The fourth-order valence-electron chi connectivity index (χ4n) is 1.89. The lowest BCUT2D eigenvalue weighted by Crippen LogP contribution is -2.34. The second-order valence-corrected chi connectivity index (χ2v) is 5.39. The third kappa shape index (κ3) is 4.73. The molecule has 1 rings (SSSR count). The van der Waals surface area contributed by atoms with E-state index in [1.165, 1.54) is 4.90 Å². The minimum absolute atomic E-state index is 0.0198. The Hall–Kier alpha value is -1.84. The molecule has 4 nitrogen and oxygen atoms in total. The number of nitrogens with zero attached hydrogens (tertiary/aromatic N) is 1. The van der Waals surface area contributed by atoms with E-state index in [9.17, 15) is 9.59 Å². The third-order valence-corrected chi connectivity index (χ3v) is 3.24. The van der Waals surface area contributed by atoms with Crippen LogP contribution in [0.5, 0.6) is 0 Å². The van der Waals surface area contributed by atoms with Crippen molar-refractivity contribution in [3.05, 3.63) is 35.9 Å². The van der Waals surface area contributed by atoms with Crippen LogP contribution in [0.2, 0.25) is 0 Å². The summed E-state index contributed by atoms with van der Waals surface area (Å²) in [6.07, 6.45) is 0.348. The molecule has 104 valence electrons.